The van der Waals surface area contributed by atoms with Gasteiger partial charge in [0.1, 0.15) is 5.54 Å². The van der Waals surface area contributed by atoms with Crippen molar-refractivity contribution in [2.75, 3.05) is 23.7 Å². The van der Waals surface area contributed by atoms with E-state index in [0.29, 0.717) is 12.1 Å². The fourth-order valence-corrected chi connectivity index (χ4v) is 5.96. The lowest BCUT2D eigenvalue weighted by molar-refractivity contribution is -0.133. The highest BCUT2D eigenvalue weighted by molar-refractivity contribution is 7.89. The Labute approximate surface area is 179 Å². The first-order valence-corrected chi connectivity index (χ1v) is 12.5. The number of anilines is 1. The Morgan fingerprint density at radius 3 is 2.40 bits per heavy atom. The van der Waals surface area contributed by atoms with E-state index in [0.717, 1.165) is 31.2 Å². The summed E-state index contributed by atoms with van der Waals surface area (Å²) in [5, 5.41) is 3.11. The van der Waals surface area contributed by atoms with E-state index in [-0.39, 0.29) is 36.7 Å². The quantitative estimate of drug-likeness (QED) is 0.744. The van der Waals surface area contributed by atoms with Crippen LogP contribution in [-0.4, -0.2) is 55.0 Å². The van der Waals surface area contributed by atoms with Crippen molar-refractivity contribution in [3.05, 3.63) is 29.8 Å². The first-order chi connectivity index (χ1) is 14.2. The van der Waals surface area contributed by atoms with Crippen LogP contribution in [0.15, 0.2) is 24.3 Å². The molecule has 0 unspecified atom stereocenters. The van der Waals surface area contributed by atoms with Crippen LogP contribution in [0.2, 0.25) is 0 Å². The molecule has 1 aliphatic carbocycles. The van der Waals surface area contributed by atoms with E-state index in [4.69, 9.17) is 0 Å². The van der Waals surface area contributed by atoms with Gasteiger partial charge < -0.3 is 5.32 Å². The van der Waals surface area contributed by atoms with Gasteiger partial charge in [0.15, 0.2) is 0 Å². The molecular formula is C22H33N3O4S. The first kappa shape index (κ1) is 22.7. The van der Waals surface area contributed by atoms with Crippen LogP contribution in [0.3, 0.4) is 0 Å². The van der Waals surface area contributed by atoms with Crippen LogP contribution in [0, 0.1) is 6.92 Å². The second-order valence-corrected chi connectivity index (χ2v) is 10.8. The van der Waals surface area contributed by atoms with Gasteiger partial charge in [0.05, 0.1) is 12.3 Å². The van der Waals surface area contributed by atoms with Gasteiger partial charge in [-0.25, -0.2) is 8.42 Å². The van der Waals surface area contributed by atoms with Gasteiger partial charge in [-0.1, -0.05) is 43.9 Å². The zero-order chi connectivity index (χ0) is 21.9. The third-order valence-electron chi connectivity index (χ3n) is 6.12. The Morgan fingerprint density at radius 2 is 1.80 bits per heavy atom. The smallest absolute Gasteiger partial charge is 0.247 e. The molecule has 0 aromatic heterocycles. The molecule has 2 aliphatic rings. The Balaban J connectivity index is 1.96. The number of nitrogens with zero attached hydrogens (tertiary/aromatic N) is 2. The van der Waals surface area contributed by atoms with Crippen LogP contribution < -0.4 is 10.2 Å². The highest BCUT2D eigenvalue weighted by Gasteiger charge is 2.51. The fourth-order valence-electron chi connectivity index (χ4n) is 4.43. The molecule has 0 bridgehead atoms. The number of piperazine rings is 1. The van der Waals surface area contributed by atoms with Gasteiger partial charge in [-0.2, -0.15) is 4.31 Å². The molecule has 1 aromatic rings. The van der Waals surface area contributed by atoms with Gasteiger partial charge in [0.25, 0.3) is 0 Å². The van der Waals surface area contributed by atoms with E-state index >= 15 is 0 Å². The maximum atomic E-state index is 13.5. The van der Waals surface area contributed by atoms with Crippen molar-refractivity contribution in [2.45, 2.75) is 70.9 Å². The van der Waals surface area contributed by atoms with Gasteiger partial charge in [-0.15, -0.1) is 0 Å². The molecule has 7 nitrogen and oxygen atoms in total. The maximum absolute atomic E-state index is 13.5. The lowest BCUT2D eigenvalue weighted by Crippen LogP contribution is -2.71. The van der Waals surface area contributed by atoms with Crippen LogP contribution in [0.25, 0.3) is 0 Å². The summed E-state index contributed by atoms with van der Waals surface area (Å²) in [6.45, 7) is 5.12. The van der Waals surface area contributed by atoms with Crippen molar-refractivity contribution in [2.24, 2.45) is 0 Å². The monoisotopic (exact) mass is 435 g/mol. The van der Waals surface area contributed by atoms with E-state index in [2.05, 4.69) is 5.32 Å². The Bertz CT molecular complexity index is 878. The summed E-state index contributed by atoms with van der Waals surface area (Å²) in [4.78, 5) is 28.2. The van der Waals surface area contributed by atoms with Crippen molar-refractivity contribution in [1.82, 2.24) is 9.62 Å². The molecule has 1 N–H and O–H groups in total. The lowest BCUT2D eigenvalue weighted by atomic mass is 9.91. The highest BCUT2D eigenvalue weighted by Crippen LogP contribution is 2.32. The molecular weight excluding hydrogens is 402 g/mol. The lowest BCUT2D eigenvalue weighted by Gasteiger charge is -2.47. The molecule has 1 aliphatic heterocycles. The van der Waals surface area contributed by atoms with Gasteiger partial charge in [-0.3, -0.25) is 14.5 Å². The molecule has 1 saturated carbocycles. The Morgan fingerprint density at radius 1 is 1.17 bits per heavy atom. The molecule has 0 spiro atoms. The number of nitrogens with one attached hydrogen (secondary N) is 1. The van der Waals surface area contributed by atoms with Crippen molar-refractivity contribution >= 4 is 27.5 Å². The van der Waals surface area contributed by atoms with E-state index in [1.807, 2.05) is 31.2 Å². The van der Waals surface area contributed by atoms with Crippen LogP contribution in [0.4, 0.5) is 5.69 Å². The molecule has 166 valence electrons. The molecule has 1 saturated heterocycles. The zero-order valence-electron chi connectivity index (χ0n) is 18.2. The predicted octanol–water partition coefficient (Wildman–Crippen LogP) is 2.59. The highest BCUT2D eigenvalue weighted by atomic mass is 32.2. The standard InChI is InChI=1S/C22H33N3O4S/c1-4-14-30(28,29)24-15-20(26)25(19-12-10-17(2)11-13-19)22(3,16-24)21(27)23-18-8-6-5-7-9-18/h10-13,18H,4-9,14-16H2,1-3H3,(H,23,27)/t22-/m0/s1. The van der Waals surface area contributed by atoms with Gasteiger partial charge >= 0.3 is 0 Å². The number of carbonyl (C=O) groups excluding carboxylic acids is 2. The Hall–Kier alpha value is -1.93. The van der Waals surface area contributed by atoms with Crippen molar-refractivity contribution in [3.8, 4) is 0 Å². The Kier molecular flexibility index (Phi) is 6.87. The minimum absolute atomic E-state index is 0.0366. The molecule has 1 atom stereocenters. The third kappa shape index (κ3) is 4.70. The van der Waals surface area contributed by atoms with Crippen LogP contribution in [0.5, 0.6) is 0 Å². The average Bonchev–Trinajstić information content (AvgIpc) is 2.69. The summed E-state index contributed by atoms with van der Waals surface area (Å²) in [5.41, 5.74) is 0.339. The van der Waals surface area contributed by atoms with Crippen molar-refractivity contribution < 1.29 is 18.0 Å². The summed E-state index contributed by atoms with van der Waals surface area (Å²) in [5.74, 6) is -0.712. The summed E-state index contributed by atoms with van der Waals surface area (Å²) in [6.07, 6.45) is 5.59. The summed E-state index contributed by atoms with van der Waals surface area (Å²) in [6, 6.07) is 7.48. The fraction of sp³-hybridized carbons (Fsp3) is 0.636. The van der Waals surface area contributed by atoms with Crippen LogP contribution in [-0.2, 0) is 19.6 Å². The van der Waals surface area contributed by atoms with E-state index in [1.54, 1.807) is 13.8 Å². The minimum Gasteiger partial charge on any atom is -0.351 e. The molecule has 2 amide bonds. The van der Waals surface area contributed by atoms with Crippen molar-refractivity contribution in [1.29, 1.82) is 0 Å². The molecule has 30 heavy (non-hydrogen) atoms. The summed E-state index contributed by atoms with van der Waals surface area (Å²) < 4.78 is 26.7. The van der Waals surface area contributed by atoms with Crippen LogP contribution in [0.1, 0.15) is 57.9 Å². The molecule has 1 aromatic carbocycles. The number of sulfonamides is 1. The molecule has 8 heteroatoms. The zero-order valence-corrected chi connectivity index (χ0v) is 19.0. The molecule has 1 heterocycles. The number of hydrogen-bond acceptors (Lipinski definition) is 4. The maximum Gasteiger partial charge on any atom is 0.247 e. The number of amides is 2. The minimum atomic E-state index is -3.61. The number of aryl methyl sites for hydroxylation is 1. The van der Waals surface area contributed by atoms with Crippen LogP contribution >= 0.6 is 0 Å². The average molecular weight is 436 g/mol. The largest absolute Gasteiger partial charge is 0.351 e. The summed E-state index contributed by atoms with van der Waals surface area (Å²) in [7, 11) is -3.61. The van der Waals surface area contributed by atoms with E-state index < -0.39 is 15.6 Å². The van der Waals surface area contributed by atoms with Gasteiger partial charge in [0, 0.05) is 18.3 Å². The topological polar surface area (TPSA) is 86.8 Å². The normalized spacial score (nSPS) is 24.1. The predicted molar refractivity (Wildman–Crippen MR) is 118 cm³/mol. The third-order valence-corrected chi connectivity index (χ3v) is 8.09. The van der Waals surface area contributed by atoms with E-state index in [9.17, 15) is 18.0 Å². The number of benzene rings is 1. The number of hydrogen-bond donors (Lipinski definition) is 1. The van der Waals surface area contributed by atoms with Crippen molar-refractivity contribution in [3.63, 3.8) is 0 Å². The first-order valence-electron chi connectivity index (χ1n) is 10.9. The molecule has 0 radical (unpaired) electrons. The number of carbonyl (C=O) groups is 2. The second kappa shape index (κ2) is 9.06. The van der Waals surface area contributed by atoms with E-state index in [1.165, 1.54) is 15.6 Å². The van der Waals surface area contributed by atoms with Gasteiger partial charge in [-0.05, 0) is 45.2 Å². The summed E-state index contributed by atoms with van der Waals surface area (Å²) >= 11 is 0. The van der Waals surface area contributed by atoms with Gasteiger partial charge in [0.2, 0.25) is 21.8 Å². The SMILES string of the molecule is CCCS(=O)(=O)N1CC(=O)N(c2ccc(C)cc2)[C@](C)(C(=O)NC2CCCCC2)C1. The number of rotatable bonds is 6. The second-order valence-electron chi connectivity index (χ2n) is 8.73. The molecule has 3 rings (SSSR count). The molecule has 2 fully saturated rings.